The molecule has 11 atom stereocenters. The van der Waals surface area contributed by atoms with E-state index in [2.05, 4.69) is 33.0 Å². The Morgan fingerprint density at radius 3 is 2.39 bits per heavy atom. The average molecular weight is 534 g/mol. The van der Waals surface area contributed by atoms with Gasteiger partial charge in [0.25, 0.3) is 0 Å². The van der Waals surface area contributed by atoms with E-state index in [9.17, 15) is 24.9 Å². The Balaban J connectivity index is 1.40. The monoisotopic (exact) mass is 533 g/mol. The number of carbonyl (C=O) groups excluding carboxylic acids is 1. The number of hydrogen-bond donors (Lipinski definition) is 4. The molecule has 4 aliphatic carbocycles. The summed E-state index contributed by atoms with van der Waals surface area (Å²) in [4.78, 5) is 23.8. The maximum absolute atomic E-state index is 12.6. The third-order valence-corrected chi connectivity index (χ3v) is 12.2. The fraction of sp³-hybridized carbons (Fsp3) is 0.938. The number of aliphatic hydroxyl groups is 2. The van der Waals surface area contributed by atoms with Gasteiger partial charge in [-0.2, -0.15) is 0 Å². The second-order valence-electron chi connectivity index (χ2n) is 14.2. The lowest BCUT2D eigenvalue weighted by Crippen LogP contribution is -2.63. The first kappa shape index (κ1) is 29.8. The Kier molecular flexibility index (Phi) is 9.55. The number of carboxylic acids is 1. The second-order valence-corrected chi connectivity index (χ2v) is 14.2. The van der Waals surface area contributed by atoms with Gasteiger partial charge in [0.1, 0.15) is 0 Å². The van der Waals surface area contributed by atoms with Crippen molar-refractivity contribution >= 4 is 11.9 Å². The molecular weight excluding hydrogens is 478 g/mol. The van der Waals surface area contributed by atoms with Crippen LogP contribution in [-0.4, -0.2) is 45.4 Å². The Hall–Kier alpha value is -1.14. The van der Waals surface area contributed by atoms with Gasteiger partial charge in [0, 0.05) is 18.9 Å². The smallest absolute Gasteiger partial charge is 0.303 e. The van der Waals surface area contributed by atoms with Crippen LogP contribution in [0.5, 0.6) is 0 Å². The number of unbranched alkanes of at least 4 members (excludes halogenated alkanes) is 4. The summed E-state index contributed by atoms with van der Waals surface area (Å²) in [6, 6.07) is 0.199. The largest absolute Gasteiger partial charge is 0.481 e. The number of amides is 1. The van der Waals surface area contributed by atoms with E-state index in [1.54, 1.807) is 0 Å². The summed E-state index contributed by atoms with van der Waals surface area (Å²) < 4.78 is 0. The van der Waals surface area contributed by atoms with Gasteiger partial charge >= 0.3 is 5.97 Å². The molecule has 6 heteroatoms. The lowest BCUT2D eigenvalue weighted by Gasteiger charge is -2.63. The minimum atomic E-state index is -0.749. The Morgan fingerprint density at radius 1 is 0.947 bits per heavy atom. The minimum absolute atomic E-state index is 0.0839. The van der Waals surface area contributed by atoms with Crippen molar-refractivity contribution in [2.75, 3.05) is 0 Å². The van der Waals surface area contributed by atoms with Crippen LogP contribution in [0.25, 0.3) is 0 Å². The fourth-order valence-electron chi connectivity index (χ4n) is 10.0. The molecule has 38 heavy (non-hydrogen) atoms. The van der Waals surface area contributed by atoms with Crippen LogP contribution in [0.3, 0.4) is 0 Å². The fourth-order valence-corrected chi connectivity index (χ4v) is 10.0. The molecule has 0 aromatic rings. The number of nitrogens with one attached hydrogen (secondary N) is 1. The molecule has 0 spiro atoms. The van der Waals surface area contributed by atoms with Gasteiger partial charge in [-0.05, 0) is 104 Å². The number of rotatable bonds is 11. The van der Waals surface area contributed by atoms with E-state index in [-0.39, 0.29) is 53.1 Å². The normalized spacial score (nSPS) is 43.0. The summed E-state index contributed by atoms with van der Waals surface area (Å²) >= 11 is 0. The SMILES string of the molecule is CCCCCCCC(=O)N[C@H]1CC[C@@]2(C)[C@@H](C1)C[C@@H](O)[C@@H]1[C@@H]2C[C@H](O)[C@]2(C)[C@@H]([C@H](C)CCC(=O)O)CC[C@@H]12. The van der Waals surface area contributed by atoms with E-state index in [0.29, 0.717) is 30.6 Å². The van der Waals surface area contributed by atoms with Crippen molar-refractivity contribution in [2.45, 2.75) is 142 Å². The molecular formula is C32H55NO5. The molecule has 4 N–H and O–H groups in total. The molecule has 4 saturated carbocycles. The van der Waals surface area contributed by atoms with E-state index >= 15 is 0 Å². The number of aliphatic carboxylic acids is 1. The third kappa shape index (κ3) is 5.68. The first-order valence-electron chi connectivity index (χ1n) is 15.9. The highest BCUT2D eigenvalue weighted by atomic mass is 16.4. The molecule has 0 aliphatic heterocycles. The quantitative estimate of drug-likeness (QED) is 0.246. The van der Waals surface area contributed by atoms with Crippen LogP contribution in [0.15, 0.2) is 0 Å². The molecule has 0 heterocycles. The lowest BCUT2D eigenvalue weighted by atomic mass is 9.43. The topological polar surface area (TPSA) is 107 Å². The Morgan fingerprint density at radius 2 is 1.68 bits per heavy atom. The van der Waals surface area contributed by atoms with Gasteiger partial charge in [-0.1, -0.05) is 53.4 Å². The Labute approximate surface area is 230 Å². The lowest BCUT2D eigenvalue weighted by molar-refractivity contribution is -0.202. The summed E-state index contributed by atoms with van der Waals surface area (Å²) in [5.74, 6) is 1.14. The van der Waals surface area contributed by atoms with Gasteiger partial charge in [-0.15, -0.1) is 0 Å². The van der Waals surface area contributed by atoms with E-state index in [1.807, 2.05) is 0 Å². The highest BCUT2D eigenvalue weighted by molar-refractivity contribution is 5.76. The van der Waals surface area contributed by atoms with Gasteiger partial charge in [0.2, 0.25) is 5.91 Å². The molecule has 0 aromatic heterocycles. The number of carbonyl (C=O) groups is 2. The van der Waals surface area contributed by atoms with E-state index in [4.69, 9.17) is 0 Å². The highest BCUT2D eigenvalue weighted by Gasteiger charge is 2.65. The van der Waals surface area contributed by atoms with E-state index in [1.165, 1.54) is 19.3 Å². The number of aliphatic hydroxyl groups excluding tert-OH is 2. The van der Waals surface area contributed by atoms with E-state index in [0.717, 1.165) is 57.8 Å². The zero-order chi connectivity index (χ0) is 27.7. The van der Waals surface area contributed by atoms with Crippen LogP contribution in [0.4, 0.5) is 0 Å². The number of hydrogen-bond acceptors (Lipinski definition) is 4. The number of fused-ring (bicyclic) bond motifs is 5. The van der Waals surface area contributed by atoms with Crippen molar-refractivity contribution in [1.29, 1.82) is 0 Å². The summed E-state index contributed by atoms with van der Waals surface area (Å²) in [6.45, 7) is 9.01. The van der Waals surface area contributed by atoms with Crippen molar-refractivity contribution in [3.05, 3.63) is 0 Å². The molecule has 0 radical (unpaired) electrons. The molecule has 0 bridgehead atoms. The molecule has 4 fully saturated rings. The predicted molar refractivity (Wildman–Crippen MR) is 149 cm³/mol. The number of carboxylic acid groups (broad SMARTS) is 1. The van der Waals surface area contributed by atoms with Crippen molar-refractivity contribution in [3.8, 4) is 0 Å². The van der Waals surface area contributed by atoms with Crippen LogP contribution < -0.4 is 5.32 Å². The minimum Gasteiger partial charge on any atom is -0.481 e. The van der Waals surface area contributed by atoms with Crippen molar-refractivity contribution in [2.24, 2.45) is 46.3 Å². The molecule has 6 nitrogen and oxygen atoms in total. The molecule has 0 unspecified atom stereocenters. The molecule has 218 valence electrons. The maximum Gasteiger partial charge on any atom is 0.303 e. The molecule has 0 saturated heterocycles. The van der Waals surface area contributed by atoms with Gasteiger partial charge < -0.3 is 20.6 Å². The molecule has 4 rings (SSSR count). The van der Waals surface area contributed by atoms with Gasteiger partial charge in [-0.25, -0.2) is 0 Å². The second kappa shape index (κ2) is 12.2. The zero-order valence-electron chi connectivity index (χ0n) is 24.5. The van der Waals surface area contributed by atoms with Gasteiger partial charge in [-0.3, -0.25) is 9.59 Å². The first-order chi connectivity index (χ1) is 18.0. The van der Waals surface area contributed by atoms with Crippen LogP contribution in [0.2, 0.25) is 0 Å². The summed E-state index contributed by atoms with van der Waals surface area (Å²) in [5, 5.41) is 35.9. The maximum atomic E-state index is 12.6. The van der Waals surface area contributed by atoms with Crippen LogP contribution in [0, 0.1) is 46.3 Å². The van der Waals surface area contributed by atoms with Gasteiger partial charge in [0.05, 0.1) is 12.2 Å². The highest BCUT2D eigenvalue weighted by Crippen LogP contribution is 2.68. The van der Waals surface area contributed by atoms with Crippen molar-refractivity contribution < 1.29 is 24.9 Å². The van der Waals surface area contributed by atoms with Gasteiger partial charge in [0.15, 0.2) is 0 Å². The van der Waals surface area contributed by atoms with E-state index < -0.39 is 12.1 Å². The molecule has 1 amide bonds. The zero-order valence-corrected chi connectivity index (χ0v) is 24.5. The summed E-state index contributed by atoms with van der Waals surface area (Å²) in [7, 11) is 0. The average Bonchev–Trinajstić information content (AvgIpc) is 3.22. The summed E-state index contributed by atoms with van der Waals surface area (Å²) in [5.41, 5.74) is -0.174. The van der Waals surface area contributed by atoms with Crippen molar-refractivity contribution in [3.63, 3.8) is 0 Å². The van der Waals surface area contributed by atoms with Crippen LogP contribution >= 0.6 is 0 Å². The first-order valence-corrected chi connectivity index (χ1v) is 15.9. The van der Waals surface area contributed by atoms with Crippen LogP contribution in [0.1, 0.15) is 124 Å². The van der Waals surface area contributed by atoms with Crippen molar-refractivity contribution in [1.82, 2.24) is 5.32 Å². The summed E-state index contributed by atoms with van der Waals surface area (Å²) in [6.07, 6.45) is 13.0. The molecule has 0 aromatic carbocycles. The van der Waals surface area contributed by atoms with Crippen LogP contribution in [-0.2, 0) is 9.59 Å². The standard InChI is InChI=1S/C32H55NO5/c1-5-6-7-8-9-10-28(36)33-22-15-16-31(3)21(17-22)18-26(34)30-24-13-12-23(20(2)11-14-29(37)38)32(24,4)27(35)19-25(30)31/h20-27,30,34-35H,5-19H2,1-4H3,(H,33,36)(H,37,38)/t20-,21+,22+,23-,24+,25+,26-,27+,30+,31+,32-/m1/s1. The Bertz CT molecular complexity index is 833. The molecule has 4 aliphatic rings. The predicted octanol–water partition coefficient (Wildman–Crippen LogP) is 5.93. The third-order valence-electron chi connectivity index (χ3n) is 12.2.